The van der Waals surface area contributed by atoms with Crippen LogP contribution < -0.4 is 14.3 Å². The molecule has 20 heavy (non-hydrogen) atoms. The van der Waals surface area contributed by atoms with E-state index in [1.165, 1.54) is 11.3 Å². The number of carbonyl (C=O) groups is 1. The van der Waals surface area contributed by atoms with Gasteiger partial charge < -0.3 is 14.0 Å². The van der Waals surface area contributed by atoms with Crippen LogP contribution in [0.4, 0.5) is 0 Å². The van der Waals surface area contributed by atoms with Crippen molar-refractivity contribution in [3.63, 3.8) is 0 Å². The molecule has 2 heterocycles. The van der Waals surface area contributed by atoms with Crippen LogP contribution in [0.25, 0.3) is 0 Å². The van der Waals surface area contributed by atoms with Crippen molar-refractivity contribution >= 4 is 34.1 Å². The van der Waals surface area contributed by atoms with Crippen LogP contribution >= 0.6 is 28.3 Å². The van der Waals surface area contributed by atoms with Crippen molar-refractivity contribution in [3.8, 4) is 11.5 Å². The lowest BCUT2D eigenvalue weighted by Gasteiger charge is -2.18. The first kappa shape index (κ1) is 14.8. The van der Waals surface area contributed by atoms with Crippen molar-refractivity contribution in [1.29, 1.82) is 5.41 Å². The molecule has 1 N–H and O–H groups in total. The third-order valence-electron chi connectivity index (χ3n) is 2.86. The van der Waals surface area contributed by atoms with Crippen molar-refractivity contribution < 1.29 is 14.3 Å². The lowest BCUT2D eigenvalue weighted by molar-refractivity contribution is 0.0969. The first-order valence-electron chi connectivity index (χ1n) is 5.85. The van der Waals surface area contributed by atoms with Gasteiger partial charge in [0, 0.05) is 17.1 Å². The molecule has 0 radical (unpaired) electrons. The van der Waals surface area contributed by atoms with E-state index in [1.807, 2.05) is 0 Å². The third-order valence-corrected chi connectivity index (χ3v) is 3.58. The highest BCUT2D eigenvalue weighted by Gasteiger charge is 2.15. The Kier molecular flexibility index (Phi) is 4.61. The second kappa shape index (κ2) is 6.23. The highest BCUT2D eigenvalue weighted by atomic mass is 79.9. The smallest absolute Gasteiger partial charge is 0.182 e. The molecule has 5 nitrogen and oxygen atoms in total. The number of thiazole rings is 1. The number of rotatable bonds is 3. The Bertz CT molecular complexity index is 680. The number of nitrogens with one attached hydrogen (secondary N) is 1. The lowest BCUT2D eigenvalue weighted by Crippen LogP contribution is -2.19. The Hall–Kier alpha value is -1.60. The van der Waals surface area contributed by atoms with Crippen LogP contribution in [0.15, 0.2) is 29.8 Å². The molecule has 1 aliphatic heterocycles. The molecule has 0 unspecified atom stereocenters. The first-order valence-corrected chi connectivity index (χ1v) is 6.73. The van der Waals surface area contributed by atoms with Crippen LogP contribution in [0.3, 0.4) is 0 Å². The average Bonchev–Trinajstić information content (AvgIpc) is 2.84. The summed E-state index contributed by atoms with van der Waals surface area (Å²) in [5.41, 5.74) is 0.572. The summed E-state index contributed by atoms with van der Waals surface area (Å²) in [7, 11) is 0. The maximum Gasteiger partial charge on any atom is 0.182 e. The molecule has 106 valence electrons. The summed E-state index contributed by atoms with van der Waals surface area (Å²) < 4.78 is 12.5. The minimum atomic E-state index is -0.0473. The molecule has 0 saturated heterocycles. The van der Waals surface area contributed by atoms with Gasteiger partial charge in [-0.1, -0.05) is 0 Å². The van der Waals surface area contributed by atoms with Crippen LogP contribution in [-0.4, -0.2) is 23.6 Å². The summed E-state index contributed by atoms with van der Waals surface area (Å²) in [4.78, 5) is 12.5. The van der Waals surface area contributed by atoms with Crippen molar-refractivity contribution in [3.05, 3.63) is 40.1 Å². The quantitative estimate of drug-likeness (QED) is 0.857. The molecule has 0 bridgehead atoms. The van der Waals surface area contributed by atoms with Gasteiger partial charge in [0.1, 0.15) is 13.2 Å². The standard InChI is InChI=1S/C13H12N2O3S.BrH/c14-13-15(3-6-19-13)8-10(16)9-1-2-11-12(7-9)18-5-4-17-11;/h1-3,6-7,14H,4-5,8H2;1H. The van der Waals surface area contributed by atoms with Gasteiger partial charge in [-0.25, -0.2) is 0 Å². The molecular weight excluding hydrogens is 344 g/mol. The number of nitrogens with zero attached hydrogens (tertiary/aromatic N) is 1. The summed E-state index contributed by atoms with van der Waals surface area (Å²) in [6.45, 7) is 1.20. The van der Waals surface area contributed by atoms with Crippen LogP contribution in [0, 0.1) is 5.41 Å². The zero-order chi connectivity index (χ0) is 13.2. The molecule has 0 fully saturated rings. The molecule has 0 aliphatic carbocycles. The average molecular weight is 357 g/mol. The largest absolute Gasteiger partial charge is 0.486 e. The Morgan fingerprint density at radius 1 is 1.30 bits per heavy atom. The number of aromatic nitrogens is 1. The van der Waals surface area contributed by atoms with Gasteiger partial charge in [-0.05, 0) is 18.2 Å². The fourth-order valence-electron chi connectivity index (χ4n) is 1.89. The molecule has 0 amide bonds. The summed E-state index contributed by atoms with van der Waals surface area (Å²) in [6.07, 6.45) is 1.74. The maximum absolute atomic E-state index is 12.2. The van der Waals surface area contributed by atoms with E-state index in [0.29, 0.717) is 35.1 Å². The molecule has 0 atom stereocenters. The Balaban J connectivity index is 0.00000147. The number of carbonyl (C=O) groups excluding carboxylic acids is 1. The molecule has 0 spiro atoms. The number of hydrogen-bond donors (Lipinski definition) is 1. The number of fused-ring (bicyclic) bond motifs is 1. The predicted octanol–water partition coefficient (Wildman–Crippen LogP) is 2.26. The molecule has 1 aromatic carbocycles. The number of ketones is 1. The third kappa shape index (κ3) is 2.94. The SMILES string of the molecule is Br.N=c1sccn1CC(=O)c1ccc2c(c1)OCCO2. The Morgan fingerprint density at radius 2 is 2.05 bits per heavy atom. The van der Waals surface area contributed by atoms with Gasteiger partial charge in [0.2, 0.25) is 0 Å². The monoisotopic (exact) mass is 356 g/mol. The van der Waals surface area contributed by atoms with Crippen molar-refractivity contribution in [2.45, 2.75) is 6.54 Å². The molecule has 1 aromatic heterocycles. The van der Waals surface area contributed by atoms with Gasteiger partial charge >= 0.3 is 0 Å². The van der Waals surface area contributed by atoms with Gasteiger partial charge in [-0.3, -0.25) is 10.2 Å². The number of Topliss-reactive ketones (excluding diaryl/α,β-unsaturated/α-hetero) is 1. The Morgan fingerprint density at radius 3 is 2.75 bits per heavy atom. The molecule has 3 rings (SSSR count). The number of hydrogen-bond acceptors (Lipinski definition) is 5. The normalized spacial score (nSPS) is 12.6. The Labute approximate surface area is 130 Å². The zero-order valence-corrected chi connectivity index (χ0v) is 13.0. The van der Waals surface area contributed by atoms with Gasteiger partial charge in [0.15, 0.2) is 22.1 Å². The minimum absolute atomic E-state index is 0. The van der Waals surface area contributed by atoms with Crippen molar-refractivity contribution in [2.75, 3.05) is 13.2 Å². The van der Waals surface area contributed by atoms with Crippen LogP contribution in [-0.2, 0) is 6.54 Å². The zero-order valence-electron chi connectivity index (χ0n) is 10.5. The van der Waals surface area contributed by atoms with E-state index in [9.17, 15) is 4.79 Å². The van der Waals surface area contributed by atoms with E-state index < -0.39 is 0 Å². The van der Waals surface area contributed by atoms with Gasteiger partial charge in [-0.15, -0.1) is 28.3 Å². The van der Waals surface area contributed by atoms with E-state index in [4.69, 9.17) is 14.9 Å². The van der Waals surface area contributed by atoms with Gasteiger partial charge in [-0.2, -0.15) is 0 Å². The first-order chi connectivity index (χ1) is 9.24. The molecule has 0 saturated carbocycles. The highest BCUT2D eigenvalue weighted by molar-refractivity contribution is 8.93. The number of benzene rings is 1. The minimum Gasteiger partial charge on any atom is -0.486 e. The molecule has 7 heteroatoms. The highest BCUT2D eigenvalue weighted by Crippen LogP contribution is 2.30. The maximum atomic E-state index is 12.2. The molecule has 1 aliphatic rings. The summed E-state index contributed by atoms with van der Waals surface area (Å²) >= 11 is 1.30. The van der Waals surface area contributed by atoms with E-state index in [0.717, 1.165) is 0 Å². The number of halogens is 1. The van der Waals surface area contributed by atoms with E-state index in [2.05, 4.69) is 0 Å². The second-order valence-corrected chi connectivity index (χ2v) is 5.01. The van der Waals surface area contributed by atoms with Gasteiger partial charge in [0.25, 0.3) is 0 Å². The topological polar surface area (TPSA) is 64.3 Å². The van der Waals surface area contributed by atoms with Crippen molar-refractivity contribution in [2.24, 2.45) is 0 Å². The lowest BCUT2D eigenvalue weighted by atomic mass is 10.1. The van der Waals surface area contributed by atoms with Gasteiger partial charge in [0.05, 0.1) is 6.54 Å². The fraction of sp³-hybridized carbons (Fsp3) is 0.231. The second-order valence-electron chi connectivity index (χ2n) is 4.12. The van der Waals surface area contributed by atoms with Crippen LogP contribution in [0.5, 0.6) is 11.5 Å². The molecular formula is C13H13BrN2O3S. The van der Waals surface area contributed by atoms with E-state index in [-0.39, 0.29) is 29.3 Å². The molecule has 2 aromatic rings. The van der Waals surface area contributed by atoms with Crippen LogP contribution in [0.1, 0.15) is 10.4 Å². The van der Waals surface area contributed by atoms with E-state index >= 15 is 0 Å². The summed E-state index contributed by atoms with van der Waals surface area (Å²) in [5, 5.41) is 9.43. The fourth-order valence-corrected chi connectivity index (χ4v) is 2.49. The van der Waals surface area contributed by atoms with Crippen molar-refractivity contribution in [1.82, 2.24) is 4.57 Å². The summed E-state index contributed by atoms with van der Waals surface area (Å²) in [6, 6.07) is 5.18. The van der Waals surface area contributed by atoms with E-state index in [1.54, 1.807) is 34.3 Å². The van der Waals surface area contributed by atoms with Crippen LogP contribution in [0.2, 0.25) is 0 Å². The summed E-state index contributed by atoms with van der Waals surface area (Å²) in [5.74, 6) is 1.24. The number of ether oxygens (including phenoxy) is 2. The predicted molar refractivity (Wildman–Crippen MR) is 80.2 cm³/mol.